The number of nitrogens with zero attached hydrogens (tertiary/aromatic N) is 4. The third-order valence-corrected chi connectivity index (χ3v) is 21.4. The molecule has 0 saturated heterocycles. The van der Waals surface area contributed by atoms with Gasteiger partial charge in [0.15, 0.2) is 5.58 Å². The summed E-state index contributed by atoms with van der Waals surface area (Å²) in [4.78, 5) is 5.26. The van der Waals surface area contributed by atoms with Gasteiger partial charge in [-0.3, -0.25) is 0 Å². The van der Waals surface area contributed by atoms with Gasteiger partial charge in [-0.1, -0.05) is 256 Å². The lowest BCUT2D eigenvalue weighted by molar-refractivity contribution is 0.569. The smallest absolute Gasteiger partial charge is 0.252 e. The van der Waals surface area contributed by atoms with Crippen molar-refractivity contribution in [3.05, 3.63) is 270 Å². The highest BCUT2D eigenvalue weighted by atomic mass is 16.3. The van der Waals surface area contributed by atoms with Crippen molar-refractivity contribution < 1.29 is 4.42 Å². The first kappa shape index (κ1) is 61.3. The van der Waals surface area contributed by atoms with E-state index in [1.165, 1.54) is 110 Å². The summed E-state index contributed by atoms with van der Waals surface area (Å²) in [5.74, 6) is 0. The zero-order valence-corrected chi connectivity index (χ0v) is 59.4. The maximum absolute atomic E-state index is 7.18. The van der Waals surface area contributed by atoms with Crippen molar-refractivity contribution in [1.82, 2.24) is 9.13 Å². The van der Waals surface area contributed by atoms with Gasteiger partial charge in [-0.25, -0.2) is 0 Å². The molecule has 5 heterocycles. The Kier molecular flexibility index (Phi) is 13.5. The van der Waals surface area contributed by atoms with E-state index in [2.05, 4.69) is 365 Å². The fourth-order valence-corrected chi connectivity index (χ4v) is 16.0. The van der Waals surface area contributed by atoms with Crippen LogP contribution >= 0.6 is 0 Å². The lowest BCUT2D eigenvalue weighted by atomic mass is 9.33. The van der Waals surface area contributed by atoms with E-state index in [9.17, 15) is 0 Å². The van der Waals surface area contributed by atoms with Crippen molar-refractivity contribution in [3.63, 3.8) is 0 Å². The Morgan fingerprint density at radius 2 is 0.765 bits per heavy atom. The monoisotopic (exact) mass is 1270 g/mol. The largest absolute Gasteiger partial charge is 0.454 e. The molecule has 5 nitrogen and oxygen atoms in total. The molecule has 482 valence electrons. The molecule has 0 aliphatic carbocycles. The second-order valence-corrected chi connectivity index (χ2v) is 33.1. The number of furan rings is 1. The van der Waals surface area contributed by atoms with E-state index in [4.69, 9.17) is 4.42 Å². The number of benzene rings is 12. The molecule has 0 radical (unpaired) electrons. The zero-order valence-electron chi connectivity index (χ0n) is 59.4. The van der Waals surface area contributed by atoms with Crippen LogP contribution < -0.4 is 26.2 Å². The van der Waals surface area contributed by atoms with Crippen LogP contribution in [-0.4, -0.2) is 15.8 Å². The minimum atomic E-state index is -0.273. The standard InChI is InChI=1S/C92H85BN4O/c1-88(2,3)59-39-36-56(37-40-59)70-50-60(89(4,5)6)41-45-77(70)96-82-53-65(95-76-33-23-20-29-67(76)72-54-79-71(55-80(72)95)66-28-19-22-32-75(66)94(79)64-26-17-16-18-27-64)42-44-74(82)93-73-43-38-57(58-46-61(90(7,8)9)49-62(47-58)91(10,11)12)48-81(73)97(84-52-63(92(13,14)15)51-83(96)86(84)93)78-34-25-31-69-68-30-21-24-35-85(68)98-87(69)78/h16-55H,1-15H3. The SMILES string of the molecule is CC(C)(C)c1ccc(-c2cc(C(C)(C)C)ccc2N2c3cc(-n4c5ccccc5c5cc6c(cc54)c4ccccc4n6-c4ccccc4)ccc3B3c4ccc(-c5cc(C(C)(C)C)cc(C(C)(C)C)c5)cc4N(c4cccc5c4oc4ccccc45)c4cc(C(C)(C)C)cc2c43)cc1. The predicted octanol–water partition coefficient (Wildman–Crippen LogP) is 23.7. The first-order valence-electron chi connectivity index (χ1n) is 35.2. The molecule has 15 aromatic rings. The highest BCUT2D eigenvalue weighted by Gasteiger charge is 2.46. The fraction of sp³-hybridized carbons (Fsp3) is 0.217. The van der Waals surface area contributed by atoms with Crippen molar-refractivity contribution >= 4 is 123 Å². The van der Waals surface area contributed by atoms with E-state index >= 15 is 0 Å². The highest BCUT2D eigenvalue weighted by Crippen LogP contribution is 2.52. The molecule has 0 N–H and O–H groups in total. The normalized spacial score (nSPS) is 13.6. The predicted molar refractivity (Wildman–Crippen MR) is 421 cm³/mol. The van der Waals surface area contributed by atoms with Crippen LogP contribution in [0.15, 0.2) is 247 Å². The minimum Gasteiger partial charge on any atom is -0.454 e. The number of hydrogen-bond acceptors (Lipinski definition) is 3. The molecule has 98 heavy (non-hydrogen) atoms. The van der Waals surface area contributed by atoms with Gasteiger partial charge in [-0.2, -0.15) is 0 Å². The maximum atomic E-state index is 7.18. The summed E-state index contributed by atoms with van der Waals surface area (Å²) < 4.78 is 12.2. The van der Waals surface area contributed by atoms with Gasteiger partial charge >= 0.3 is 0 Å². The number of aromatic nitrogens is 2. The summed E-state index contributed by atoms with van der Waals surface area (Å²) in [6.07, 6.45) is 0. The second kappa shape index (κ2) is 21.6. The first-order valence-corrected chi connectivity index (χ1v) is 35.2. The van der Waals surface area contributed by atoms with E-state index in [1.807, 2.05) is 0 Å². The van der Waals surface area contributed by atoms with Crippen molar-refractivity contribution in [2.24, 2.45) is 0 Å². The number of anilines is 6. The first-order chi connectivity index (χ1) is 46.8. The van der Waals surface area contributed by atoms with Crippen LogP contribution in [-0.2, 0) is 27.1 Å². The summed E-state index contributed by atoms with van der Waals surface area (Å²) in [6.45, 7) is 35.0. The third-order valence-electron chi connectivity index (χ3n) is 21.4. The summed E-state index contributed by atoms with van der Waals surface area (Å²) in [7, 11) is 0. The van der Waals surface area contributed by atoms with Gasteiger partial charge in [0.05, 0.1) is 33.4 Å². The molecule has 0 bridgehead atoms. The quantitative estimate of drug-likeness (QED) is 0.155. The molecule has 3 aromatic heterocycles. The molecule has 0 fully saturated rings. The molecule has 0 amide bonds. The van der Waals surface area contributed by atoms with Crippen molar-refractivity contribution in [2.45, 2.75) is 131 Å². The van der Waals surface area contributed by atoms with Crippen molar-refractivity contribution in [2.75, 3.05) is 9.80 Å². The molecule has 17 rings (SSSR count). The fourth-order valence-electron chi connectivity index (χ4n) is 16.0. The van der Waals surface area contributed by atoms with E-state index in [1.54, 1.807) is 0 Å². The van der Waals surface area contributed by atoms with Gasteiger partial charge in [0.1, 0.15) is 5.58 Å². The van der Waals surface area contributed by atoms with Crippen molar-refractivity contribution in [1.29, 1.82) is 0 Å². The molecule has 6 heteroatoms. The summed E-state index contributed by atoms with van der Waals surface area (Å²) in [5.41, 5.74) is 29.9. The Labute approximate surface area is 577 Å². The Bertz CT molecular complexity index is 5750. The molecular weight excluding hydrogens is 1190 g/mol. The van der Waals surface area contributed by atoms with Crippen LogP contribution in [0.1, 0.15) is 132 Å². The van der Waals surface area contributed by atoms with E-state index in [0.717, 1.165) is 67.3 Å². The summed E-state index contributed by atoms with van der Waals surface area (Å²) >= 11 is 0. The Balaban J connectivity index is 0.996. The Morgan fingerprint density at radius 1 is 0.276 bits per heavy atom. The van der Waals surface area contributed by atoms with Crippen molar-refractivity contribution in [3.8, 4) is 33.6 Å². The number of fused-ring (bicyclic) bond motifs is 13. The molecule has 2 aliphatic rings. The lowest BCUT2D eigenvalue weighted by Gasteiger charge is -2.45. The molecule has 0 atom stereocenters. The van der Waals surface area contributed by atoms with Gasteiger partial charge in [-0.05, 0) is 179 Å². The second-order valence-electron chi connectivity index (χ2n) is 33.1. The molecular formula is C92H85BN4O. The molecule has 2 aliphatic heterocycles. The minimum absolute atomic E-state index is 0.0166. The van der Waals surface area contributed by atoms with Crippen LogP contribution in [0.4, 0.5) is 34.1 Å². The average molecular weight is 1270 g/mol. The lowest BCUT2D eigenvalue weighted by Crippen LogP contribution is -2.61. The third kappa shape index (κ3) is 9.71. The van der Waals surface area contributed by atoms with Gasteiger partial charge < -0.3 is 23.4 Å². The van der Waals surface area contributed by atoms with Crippen LogP contribution in [0.2, 0.25) is 0 Å². The van der Waals surface area contributed by atoms with E-state index in [-0.39, 0.29) is 33.8 Å². The molecule has 0 saturated carbocycles. The average Bonchev–Trinajstić information content (AvgIpc) is 0.789. The van der Waals surface area contributed by atoms with E-state index < -0.39 is 0 Å². The zero-order chi connectivity index (χ0) is 67.9. The van der Waals surface area contributed by atoms with E-state index in [0.29, 0.717) is 0 Å². The maximum Gasteiger partial charge on any atom is 0.252 e. The Hall–Kier alpha value is -10.3. The van der Waals surface area contributed by atoms with Crippen LogP contribution in [0, 0.1) is 0 Å². The number of rotatable bonds is 6. The highest BCUT2D eigenvalue weighted by molar-refractivity contribution is 7.00. The number of hydrogen-bond donors (Lipinski definition) is 0. The molecule has 12 aromatic carbocycles. The van der Waals surface area contributed by atoms with Gasteiger partial charge in [0.2, 0.25) is 0 Å². The Morgan fingerprint density at radius 3 is 1.37 bits per heavy atom. The molecule has 0 unspecified atom stereocenters. The van der Waals surface area contributed by atoms with Crippen LogP contribution in [0.5, 0.6) is 0 Å². The van der Waals surface area contributed by atoms with Gasteiger partial charge in [0, 0.05) is 72.0 Å². The summed E-state index contributed by atoms with van der Waals surface area (Å²) in [6, 6.07) is 93.0. The topological polar surface area (TPSA) is 29.5 Å². The molecule has 0 spiro atoms. The number of para-hydroxylation sites is 5. The van der Waals surface area contributed by atoms with Gasteiger partial charge in [0.25, 0.3) is 6.71 Å². The van der Waals surface area contributed by atoms with Crippen LogP contribution in [0.3, 0.4) is 0 Å². The summed E-state index contributed by atoms with van der Waals surface area (Å²) in [5, 5.41) is 7.08. The van der Waals surface area contributed by atoms with Gasteiger partial charge in [-0.15, -0.1) is 0 Å². The van der Waals surface area contributed by atoms with Crippen LogP contribution in [0.25, 0.3) is 99.2 Å².